The molecule has 1 aliphatic rings. The lowest BCUT2D eigenvalue weighted by atomic mass is 10.1. The molecule has 1 atom stereocenters. The molecule has 1 aromatic rings. The van der Waals surface area contributed by atoms with Crippen LogP contribution in [0.25, 0.3) is 0 Å². The summed E-state index contributed by atoms with van der Waals surface area (Å²) in [5.41, 5.74) is 0.667. The van der Waals surface area contributed by atoms with Gasteiger partial charge in [0.05, 0.1) is 5.69 Å². The summed E-state index contributed by atoms with van der Waals surface area (Å²) in [6.45, 7) is -0.241. The number of unbranched alkanes of at least 4 members (excludes halogenated alkanes) is 1. The van der Waals surface area contributed by atoms with Crippen LogP contribution in [0.3, 0.4) is 0 Å². The molecule has 1 fully saturated rings. The fourth-order valence-corrected chi connectivity index (χ4v) is 5.58. The third kappa shape index (κ3) is 7.18. The fraction of sp³-hybridized carbons (Fsp3) is 0.500. The first-order valence-electron chi connectivity index (χ1n) is 7.63. The van der Waals surface area contributed by atoms with Crippen molar-refractivity contribution in [2.24, 2.45) is 0 Å². The predicted molar refractivity (Wildman–Crippen MR) is 101 cm³/mol. The van der Waals surface area contributed by atoms with E-state index in [0.717, 1.165) is 29.0 Å². The largest absolute Gasteiger partial charge is 0.456 e. The minimum Gasteiger partial charge on any atom is -0.456 e. The molecule has 23 heavy (non-hydrogen) atoms. The van der Waals surface area contributed by atoms with Crippen LogP contribution in [0.15, 0.2) is 28.7 Å². The average Bonchev–Trinajstić information content (AvgIpc) is 3.05. The van der Waals surface area contributed by atoms with Gasteiger partial charge in [-0.25, -0.2) is 0 Å². The zero-order chi connectivity index (χ0) is 16.5. The Morgan fingerprint density at radius 3 is 2.87 bits per heavy atom. The highest BCUT2D eigenvalue weighted by Gasteiger charge is 2.16. The number of nitrogens with one attached hydrogen (secondary N) is 1. The Kier molecular flexibility index (Phi) is 8.33. The van der Waals surface area contributed by atoms with Crippen molar-refractivity contribution in [3.63, 3.8) is 0 Å². The van der Waals surface area contributed by atoms with Crippen LogP contribution < -0.4 is 5.32 Å². The molecule has 0 aromatic heterocycles. The van der Waals surface area contributed by atoms with E-state index in [2.05, 4.69) is 21.2 Å². The number of hydrogen-bond acceptors (Lipinski definition) is 5. The molecule has 0 unspecified atom stereocenters. The number of halogens is 1. The summed E-state index contributed by atoms with van der Waals surface area (Å²) < 4.78 is 5.81. The van der Waals surface area contributed by atoms with Crippen LogP contribution in [0.2, 0.25) is 0 Å². The zero-order valence-electron chi connectivity index (χ0n) is 12.8. The Bertz CT molecular complexity index is 536. The molecule has 0 radical (unpaired) electrons. The highest BCUT2D eigenvalue weighted by molar-refractivity contribution is 9.10. The third-order valence-electron chi connectivity index (χ3n) is 3.40. The van der Waals surface area contributed by atoms with E-state index in [1.54, 1.807) is 6.07 Å². The van der Waals surface area contributed by atoms with Crippen LogP contribution >= 0.6 is 37.5 Å². The maximum atomic E-state index is 11.8. The van der Waals surface area contributed by atoms with E-state index in [0.29, 0.717) is 12.1 Å². The Labute approximate surface area is 153 Å². The van der Waals surface area contributed by atoms with Crippen molar-refractivity contribution >= 4 is 55.1 Å². The van der Waals surface area contributed by atoms with Crippen LogP contribution in [-0.4, -0.2) is 29.5 Å². The average molecular weight is 418 g/mol. The summed E-state index contributed by atoms with van der Waals surface area (Å²) >= 11 is 3.35. The van der Waals surface area contributed by atoms with E-state index in [-0.39, 0.29) is 18.5 Å². The Morgan fingerprint density at radius 1 is 1.30 bits per heavy atom. The predicted octanol–water partition coefficient (Wildman–Crippen LogP) is 4.64. The molecule has 0 saturated carbocycles. The van der Waals surface area contributed by atoms with Gasteiger partial charge in [-0.15, -0.1) is 0 Å². The van der Waals surface area contributed by atoms with Crippen molar-refractivity contribution in [3.05, 3.63) is 28.7 Å². The minimum absolute atomic E-state index is 0.241. The molecule has 126 valence electrons. The van der Waals surface area contributed by atoms with Crippen LogP contribution in [0.4, 0.5) is 5.69 Å². The van der Waals surface area contributed by atoms with Crippen LogP contribution in [0.1, 0.15) is 32.1 Å². The molecule has 1 amide bonds. The first kappa shape index (κ1) is 18.7. The lowest BCUT2D eigenvalue weighted by Gasteiger charge is -2.08. The number of carbonyl (C=O) groups excluding carboxylic acids is 2. The van der Waals surface area contributed by atoms with Gasteiger partial charge in [0, 0.05) is 21.9 Å². The number of ether oxygens (including phenoxy) is 1. The maximum Gasteiger partial charge on any atom is 0.306 e. The maximum absolute atomic E-state index is 11.8. The highest BCUT2D eigenvalue weighted by atomic mass is 79.9. The first-order valence-corrected chi connectivity index (χ1v) is 10.8. The van der Waals surface area contributed by atoms with Crippen molar-refractivity contribution in [1.82, 2.24) is 0 Å². The lowest BCUT2D eigenvalue weighted by Crippen LogP contribution is -2.21. The molecule has 0 bridgehead atoms. The summed E-state index contributed by atoms with van der Waals surface area (Å²) in [5, 5.41) is 3.44. The van der Waals surface area contributed by atoms with Gasteiger partial charge in [-0.3, -0.25) is 9.59 Å². The normalized spacial score (nSPS) is 17.0. The van der Waals surface area contributed by atoms with Crippen LogP contribution in [-0.2, 0) is 14.3 Å². The molecule has 4 nitrogen and oxygen atoms in total. The number of carbonyl (C=O) groups is 2. The number of anilines is 1. The summed E-state index contributed by atoms with van der Waals surface area (Å²) in [6, 6.07) is 7.31. The Morgan fingerprint density at radius 2 is 2.13 bits per heavy atom. The van der Waals surface area contributed by atoms with Gasteiger partial charge in [0.2, 0.25) is 0 Å². The van der Waals surface area contributed by atoms with Gasteiger partial charge in [0.15, 0.2) is 6.61 Å². The molecular weight excluding hydrogens is 398 g/mol. The molecule has 1 N–H and O–H groups in total. The van der Waals surface area contributed by atoms with Crippen LogP contribution in [0, 0.1) is 0 Å². The number of para-hydroxylation sites is 1. The summed E-state index contributed by atoms with van der Waals surface area (Å²) in [7, 11) is 3.90. The number of rotatable bonds is 8. The molecule has 0 spiro atoms. The second kappa shape index (κ2) is 10.3. The summed E-state index contributed by atoms with van der Waals surface area (Å²) in [5.74, 6) is 0.606. The summed E-state index contributed by atoms with van der Waals surface area (Å²) in [4.78, 5) is 23.4. The van der Waals surface area contributed by atoms with Gasteiger partial charge in [-0.1, -0.05) is 40.1 Å². The van der Waals surface area contributed by atoms with Gasteiger partial charge < -0.3 is 10.1 Å². The summed E-state index contributed by atoms with van der Waals surface area (Å²) in [6.07, 6.45) is 4.68. The van der Waals surface area contributed by atoms with Crippen LogP contribution in [0.5, 0.6) is 0 Å². The fourth-order valence-electron chi connectivity index (χ4n) is 2.17. The molecule has 0 aliphatic carbocycles. The number of benzene rings is 1. The number of esters is 1. The number of amides is 1. The Hall–Kier alpha value is -0.660. The van der Waals surface area contributed by atoms with Crippen molar-refractivity contribution in [3.8, 4) is 0 Å². The van der Waals surface area contributed by atoms with Crippen molar-refractivity contribution in [2.45, 2.75) is 37.4 Å². The topological polar surface area (TPSA) is 55.4 Å². The highest BCUT2D eigenvalue weighted by Crippen LogP contribution is 2.39. The quantitative estimate of drug-likeness (QED) is 0.379. The van der Waals surface area contributed by atoms with Gasteiger partial charge in [0.1, 0.15) is 0 Å². The van der Waals surface area contributed by atoms with Gasteiger partial charge in [0.25, 0.3) is 5.91 Å². The van der Waals surface area contributed by atoms with Crippen molar-refractivity contribution in [1.29, 1.82) is 0 Å². The molecule has 1 aromatic carbocycles. The number of hydrogen-bond donors (Lipinski definition) is 1. The van der Waals surface area contributed by atoms with E-state index in [9.17, 15) is 9.59 Å². The second-order valence-electron chi connectivity index (χ2n) is 5.26. The van der Waals surface area contributed by atoms with Crippen molar-refractivity contribution in [2.75, 3.05) is 17.7 Å². The second-order valence-corrected chi connectivity index (χ2v) is 8.91. The van der Waals surface area contributed by atoms with Crippen molar-refractivity contribution < 1.29 is 14.3 Å². The Balaban J connectivity index is 1.56. The minimum atomic E-state index is -0.329. The monoisotopic (exact) mass is 417 g/mol. The molecule has 1 aliphatic heterocycles. The van der Waals surface area contributed by atoms with Gasteiger partial charge in [-0.2, -0.15) is 0 Å². The lowest BCUT2D eigenvalue weighted by molar-refractivity contribution is -0.147. The standard InChI is InChI=1S/C16H20BrNO3S2/c17-13-6-2-3-7-14(13)18-15(19)11-21-16(20)8-4-1-5-12-9-10-22-23-12/h2-3,6-7,12H,1,4-5,8-11H2,(H,18,19)/t12-/m0/s1. The van der Waals surface area contributed by atoms with E-state index < -0.39 is 0 Å². The van der Waals surface area contributed by atoms with E-state index in [1.165, 1.54) is 12.2 Å². The smallest absolute Gasteiger partial charge is 0.306 e. The molecule has 2 rings (SSSR count). The van der Waals surface area contributed by atoms with E-state index in [1.807, 2.05) is 39.8 Å². The van der Waals surface area contributed by atoms with Gasteiger partial charge >= 0.3 is 5.97 Å². The molecule has 7 heteroatoms. The molecule has 1 heterocycles. The SMILES string of the molecule is O=C(COC(=O)CCCC[C@H]1CCSS1)Nc1ccccc1Br. The zero-order valence-corrected chi connectivity index (χ0v) is 16.0. The molecule has 1 saturated heterocycles. The molecular formula is C16H20BrNO3S2. The third-order valence-corrected chi connectivity index (χ3v) is 7.09. The first-order chi connectivity index (χ1) is 11.1. The van der Waals surface area contributed by atoms with E-state index in [4.69, 9.17) is 4.74 Å². The van der Waals surface area contributed by atoms with Gasteiger partial charge in [-0.05, 0) is 47.3 Å². The van der Waals surface area contributed by atoms with E-state index >= 15 is 0 Å².